The van der Waals surface area contributed by atoms with E-state index in [2.05, 4.69) is 5.32 Å². The van der Waals surface area contributed by atoms with Crippen LogP contribution in [0.25, 0.3) is 0 Å². The quantitative estimate of drug-likeness (QED) is 0.754. The Labute approximate surface area is 103 Å². The third kappa shape index (κ3) is 2.13. The van der Waals surface area contributed by atoms with E-state index in [4.69, 9.17) is 4.74 Å². The van der Waals surface area contributed by atoms with Gasteiger partial charge in [0.1, 0.15) is 0 Å². The second kappa shape index (κ2) is 4.21. The summed E-state index contributed by atoms with van der Waals surface area (Å²) in [4.78, 5) is 0. The van der Waals surface area contributed by atoms with E-state index in [0.717, 1.165) is 6.54 Å². The van der Waals surface area contributed by atoms with Gasteiger partial charge in [-0.1, -0.05) is 12.8 Å². The molecule has 3 aliphatic rings. The van der Waals surface area contributed by atoms with Crippen LogP contribution in [0.1, 0.15) is 32.1 Å². The summed E-state index contributed by atoms with van der Waals surface area (Å²) < 4.78 is 29.5. The summed E-state index contributed by atoms with van der Waals surface area (Å²) in [5.74, 6) is 1.15. The first-order valence-electron chi connectivity index (χ1n) is 6.69. The van der Waals surface area contributed by atoms with E-state index in [9.17, 15) is 8.42 Å². The van der Waals surface area contributed by atoms with Crippen LogP contribution in [-0.2, 0) is 14.6 Å². The summed E-state index contributed by atoms with van der Waals surface area (Å²) in [5, 5.41) is 3.54. The normalized spacial score (nSPS) is 42.2. The molecule has 0 amide bonds. The van der Waals surface area contributed by atoms with Gasteiger partial charge in [0.15, 0.2) is 9.84 Å². The van der Waals surface area contributed by atoms with E-state index in [1.807, 2.05) is 0 Å². The van der Waals surface area contributed by atoms with Gasteiger partial charge < -0.3 is 10.1 Å². The Morgan fingerprint density at radius 3 is 2.65 bits per heavy atom. The molecule has 98 valence electrons. The molecule has 1 spiro atoms. The lowest BCUT2D eigenvalue weighted by atomic mass is 9.82. The fraction of sp³-hybridized carbons (Fsp3) is 1.00. The number of hydrogen-bond acceptors (Lipinski definition) is 4. The number of nitrogens with one attached hydrogen (secondary N) is 1. The van der Waals surface area contributed by atoms with Gasteiger partial charge in [0.2, 0.25) is 0 Å². The molecule has 0 aromatic rings. The number of ether oxygens (including phenoxy) is 1. The highest BCUT2D eigenvalue weighted by Crippen LogP contribution is 2.40. The van der Waals surface area contributed by atoms with Crippen molar-refractivity contribution in [3.63, 3.8) is 0 Å². The van der Waals surface area contributed by atoms with Gasteiger partial charge in [-0.05, 0) is 25.2 Å². The summed E-state index contributed by atoms with van der Waals surface area (Å²) in [6.45, 7) is 1.52. The van der Waals surface area contributed by atoms with Gasteiger partial charge >= 0.3 is 0 Å². The molecule has 2 aliphatic heterocycles. The molecule has 5 heteroatoms. The standard InChI is InChI=1S/C12H21NO3S/c14-17(15)8-5-12(9-17)11(13-6-7-16-12)10-3-1-2-4-10/h10-11,13H,1-9H2. The van der Waals surface area contributed by atoms with Gasteiger partial charge in [0, 0.05) is 12.6 Å². The lowest BCUT2D eigenvalue weighted by molar-refractivity contribution is -0.0924. The number of sulfone groups is 1. The first-order chi connectivity index (χ1) is 8.11. The monoisotopic (exact) mass is 259 g/mol. The summed E-state index contributed by atoms with van der Waals surface area (Å²) in [7, 11) is -2.88. The van der Waals surface area contributed by atoms with Crippen molar-refractivity contribution in [3.8, 4) is 0 Å². The molecule has 2 saturated heterocycles. The van der Waals surface area contributed by atoms with Crippen molar-refractivity contribution in [2.24, 2.45) is 5.92 Å². The van der Waals surface area contributed by atoms with Gasteiger partial charge in [-0.15, -0.1) is 0 Å². The van der Waals surface area contributed by atoms with Gasteiger partial charge in [-0.3, -0.25) is 0 Å². The first kappa shape index (κ1) is 11.9. The predicted molar refractivity (Wildman–Crippen MR) is 65.7 cm³/mol. The molecule has 3 rings (SSSR count). The largest absolute Gasteiger partial charge is 0.371 e. The smallest absolute Gasteiger partial charge is 0.153 e. The molecule has 1 aliphatic carbocycles. The van der Waals surface area contributed by atoms with Crippen LogP contribution in [0.5, 0.6) is 0 Å². The fourth-order valence-electron chi connectivity index (χ4n) is 3.84. The summed E-state index contributed by atoms with van der Waals surface area (Å²) in [6, 6.07) is 0.260. The second-order valence-corrected chi connectivity index (χ2v) is 7.92. The summed E-state index contributed by atoms with van der Waals surface area (Å²) in [5.41, 5.74) is -0.411. The number of hydrogen-bond donors (Lipinski definition) is 1. The third-order valence-corrected chi connectivity index (χ3v) is 6.35. The molecule has 2 atom stereocenters. The Morgan fingerprint density at radius 1 is 1.24 bits per heavy atom. The Kier molecular flexibility index (Phi) is 2.96. The molecule has 0 radical (unpaired) electrons. The average molecular weight is 259 g/mol. The van der Waals surface area contributed by atoms with Crippen molar-refractivity contribution in [2.45, 2.75) is 43.7 Å². The van der Waals surface area contributed by atoms with E-state index in [1.165, 1.54) is 25.7 Å². The Morgan fingerprint density at radius 2 is 2.00 bits per heavy atom. The molecular weight excluding hydrogens is 238 g/mol. The average Bonchev–Trinajstić information content (AvgIpc) is 2.88. The van der Waals surface area contributed by atoms with Crippen LogP contribution in [0.15, 0.2) is 0 Å². The molecule has 0 bridgehead atoms. The van der Waals surface area contributed by atoms with Crippen LogP contribution in [0.3, 0.4) is 0 Å². The topological polar surface area (TPSA) is 55.4 Å². The van der Waals surface area contributed by atoms with Crippen molar-refractivity contribution >= 4 is 9.84 Å². The maximum Gasteiger partial charge on any atom is 0.153 e. The van der Waals surface area contributed by atoms with Gasteiger partial charge in [-0.2, -0.15) is 0 Å². The predicted octanol–water partition coefficient (Wildman–Crippen LogP) is 0.722. The molecule has 3 fully saturated rings. The van der Waals surface area contributed by atoms with Crippen molar-refractivity contribution < 1.29 is 13.2 Å². The minimum absolute atomic E-state index is 0.230. The van der Waals surface area contributed by atoms with E-state index in [1.54, 1.807) is 0 Å². The molecule has 2 unspecified atom stereocenters. The van der Waals surface area contributed by atoms with Crippen LogP contribution in [0.2, 0.25) is 0 Å². The lowest BCUT2D eigenvalue weighted by Gasteiger charge is -2.44. The van der Waals surface area contributed by atoms with Crippen LogP contribution in [0.4, 0.5) is 0 Å². The van der Waals surface area contributed by atoms with E-state index in [0.29, 0.717) is 24.7 Å². The van der Waals surface area contributed by atoms with Crippen molar-refractivity contribution in [3.05, 3.63) is 0 Å². The van der Waals surface area contributed by atoms with E-state index < -0.39 is 15.4 Å². The molecule has 1 N–H and O–H groups in total. The highest BCUT2D eigenvalue weighted by molar-refractivity contribution is 7.91. The van der Waals surface area contributed by atoms with Crippen molar-refractivity contribution in [1.82, 2.24) is 5.32 Å². The van der Waals surface area contributed by atoms with Gasteiger partial charge in [0.05, 0.1) is 23.7 Å². The Bertz CT molecular complexity index is 389. The SMILES string of the molecule is O=S1(=O)CCC2(C1)OCCNC2C1CCCC1. The second-order valence-electron chi connectivity index (χ2n) is 5.73. The minimum atomic E-state index is -2.88. The fourth-order valence-corrected chi connectivity index (χ4v) is 5.79. The van der Waals surface area contributed by atoms with Crippen molar-refractivity contribution in [1.29, 1.82) is 0 Å². The summed E-state index contributed by atoms with van der Waals surface area (Å²) in [6.07, 6.45) is 5.70. The molecule has 4 nitrogen and oxygen atoms in total. The minimum Gasteiger partial charge on any atom is -0.371 e. The molecule has 1 saturated carbocycles. The maximum atomic E-state index is 11.8. The van der Waals surface area contributed by atoms with Crippen molar-refractivity contribution in [2.75, 3.05) is 24.7 Å². The van der Waals surface area contributed by atoms with Gasteiger partial charge in [0.25, 0.3) is 0 Å². The van der Waals surface area contributed by atoms with Gasteiger partial charge in [-0.25, -0.2) is 8.42 Å². The zero-order valence-corrected chi connectivity index (χ0v) is 11.0. The highest BCUT2D eigenvalue weighted by atomic mass is 32.2. The Hall–Kier alpha value is -0.130. The highest BCUT2D eigenvalue weighted by Gasteiger charge is 2.52. The lowest BCUT2D eigenvalue weighted by Crippen LogP contribution is -2.61. The zero-order chi connectivity index (χ0) is 11.9. The van der Waals surface area contributed by atoms with E-state index in [-0.39, 0.29) is 11.8 Å². The molecule has 2 heterocycles. The third-order valence-electron chi connectivity index (χ3n) is 4.59. The van der Waals surface area contributed by atoms with E-state index >= 15 is 0 Å². The Balaban J connectivity index is 1.84. The summed E-state index contributed by atoms with van der Waals surface area (Å²) >= 11 is 0. The van der Waals surface area contributed by atoms with Crippen LogP contribution in [0, 0.1) is 5.92 Å². The molecule has 17 heavy (non-hydrogen) atoms. The number of rotatable bonds is 1. The molecular formula is C12H21NO3S. The number of morpholine rings is 1. The van der Waals surface area contributed by atoms with Crippen LogP contribution in [-0.4, -0.2) is 44.7 Å². The molecule has 0 aromatic heterocycles. The maximum absolute atomic E-state index is 11.8. The zero-order valence-electron chi connectivity index (χ0n) is 10.2. The van der Waals surface area contributed by atoms with Crippen LogP contribution < -0.4 is 5.32 Å². The molecule has 0 aromatic carbocycles. The van der Waals surface area contributed by atoms with Crippen LogP contribution >= 0.6 is 0 Å². The first-order valence-corrected chi connectivity index (χ1v) is 8.51.